The molecule has 0 atom stereocenters. The lowest BCUT2D eigenvalue weighted by atomic mass is 10.2. The van der Waals surface area contributed by atoms with E-state index in [9.17, 15) is 18.0 Å². The number of carbonyl (C=O) groups is 1. The van der Waals surface area contributed by atoms with Gasteiger partial charge < -0.3 is 21.3 Å². The minimum Gasteiger partial charge on any atom is -0.352 e. The second kappa shape index (κ2) is 9.54. The maximum atomic E-state index is 12.8. The van der Waals surface area contributed by atoms with Crippen LogP contribution in [0.15, 0.2) is 54.7 Å². The van der Waals surface area contributed by atoms with Crippen molar-refractivity contribution in [3.8, 4) is 0 Å². The molecule has 0 saturated heterocycles. The van der Waals surface area contributed by atoms with Gasteiger partial charge in [-0.1, -0.05) is 12.1 Å². The predicted octanol–water partition coefficient (Wildman–Crippen LogP) is 6.01. The zero-order chi connectivity index (χ0) is 23.3. The monoisotopic (exact) mass is 444 g/mol. The van der Waals surface area contributed by atoms with Gasteiger partial charge in [-0.25, -0.2) is 9.78 Å². The summed E-state index contributed by atoms with van der Waals surface area (Å²) in [4.78, 5) is 21.0. The number of rotatable bonds is 6. The van der Waals surface area contributed by atoms with Gasteiger partial charge in [-0.3, -0.25) is 0 Å². The van der Waals surface area contributed by atoms with E-state index in [1.807, 2.05) is 20.8 Å². The number of anilines is 5. The fourth-order valence-electron chi connectivity index (χ4n) is 2.77. The number of hydrogen-bond donors (Lipinski definition) is 4. The number of nitrogens with one attached hydrogen (secondary N) is 4. The Morgan fingerprint density at radius 2 is 1.59 bits per heavy atom. The van der Waals surface area contributed by atoms with Gasteiger partial charge in [0, 0.05) is 34.9 Å². The predicted molar refractivity (Wildman–Crippen MR) is 119 cm³/mol. The Hall–Kier alpha value is -3.82. The third kappa shape index (κ3) is 6.34. The van der Waals surface area contributed by atoms with Crippen LogP contribution in [0.25, 0.3) is 0 Å². The summed E-state index contributed by atoms with van der Waals surface area (Å²) < 4.78 is 38.5. The van der Waals surface area contributed by atoms with Crippen LogP contribution < -0.4 is 21.3 Å². The number of hydrogen-bond acceptors (Lipinski definition) is 5. The molecule has 0 aliphatic carbocycles. The number of amides is 2. The van der Waals surface area contributed by atoms with Crippen molar-refractivity contribution in [1.82, 2.24) is 9.97 Å². The third-order valence-corrected chi connectivity index (χ3v) is 4.22. The molecular weight excluding hydrogens is 421 g/mol. The summed E-state index contributed by atoms with van der Waals surface area (Å²) in [7, 11) is 0. The lowest BCUT2D eigenvalue weighted by Crippen LogP contribution is -2.19. The Labute approximate surface area is 183 Å². The summed E-state index contributed by atoms with van der Waals surface area (Å²) in [5, 5.41) is 11.3. The van der Waals surface area contributed by atoms with Gasteiger partial charge in [0.05, 0.1) is 5.56 Å². The second-order valence-electron chi connectivity index (χ2n) is 7.39. The third-order valence-electron chi connectivity index (χ3n) is 4.22. The minimum atomic E-state index is -4.49. The van der Waals surface area contributed by atoms with Gasteiger partial charge in [-0.15, -0.1) is 0 Å². The van der Waals surface area contributed by atoms with Crippen molar-refractivity contribution in [2.24, 2.45) is 0 Å². The maximum Gasteiger partial charge on any atom is 0.416 e. The van der Waals surface area contributed by atoms with Crippen LogP contribution in [0, 0.1) is 6.92 Å². The van der Waals surface area contributed by atoms with Crippen LogP contribution in [0.5, 0.6) is 0 Å². The molecule has 10 heteroatoms. The van der Waals surface area contributed by atoms with Crippen molar-refractivity contribution in [3.05, 3.63) is 65.9 Å². The Balaban J connectivity index is 1.68. The minimum absolute atomic E-state index is 0.0356. The van der Waals surface area contributed by atoms with Crippen LogP contribution in [0.3, 0.4) is 0 Å². The molecule has 1 aromatic heterocycles. The first kappa shape index (κ1) is 22.9. The maximum absolute atomic E-state index is 12.8. The fraction of sp³-hybridized carbons (Fsp3) is 0.227. The topological polar surface area (TPSA) is 91.0 Å². The normalized spacial score (nSPS) is 11.2. The van der Waals surface area contributed by atoms with Crippen molar-refractivity contribution < 1.29 is 18.0 Å². The van der Waals surface area contributed by atoms with Gasteiger partial charge in [0.15, 0.2) is 0 Å². The van der Waals surface area contributed by atoms with Crippen LogP contribution in [-0.2, 0) is 6.18 Å². The molecule has 0 saturated carbocycles. The SMILES string of the molecule is Cc1cnc(NC(C)C)nc1Nc1cccc(NC(=O)Nc2cccc(C(F)(F)F)c2)c1. The number of benzene rings is 2. The van der Waals surface area contributed by atoms with Gasteiger partial charge in [0.2, 0.25) is 5.95 Å². The zero-order valence-electron chi connectivity index (χ0n) is 17.7. The van der Waals surface area contributed by atoms with Crippen LogP contribution in [-0.4, -0.2) is 22.0 Å². The molecule has 2 aromatic carbocycles. The highest BCUT2D eigenvalue weighted by Crippen LogP contribution is 2.30. The molecule has 0 radical (unpaired) electrons. The molecule has 2 amide bonds. The van der Waals surface area contributed by atoms with Crippen LogP contribution in [0.4, 0.5) is 46.8 Å². The first-order chi connectivity index (χ1) is 15.1. The van der Waals surface area contributed by atoms with E-state index in [1.54, 1.807) is 30.5 Å². The smallest absolute Gasteiger partial charge is 0.352 e. The second-order valence-corrected chi connectivity index (χ2v) is 7.39. The number of halogens is 3. The Morgan fingerprint density at radius 3 is 2.25 bits per heavy atom. The van der Waals surface area contributed by atoms with E-state index in [0.29, 0.717) is 23.1 Å². The van der Waals surface area contributed by atoms with Gasteiger partial charge in [0.1, 0.15) is 5.82 Å². The highest BCUT2D eigenvalue weighted by molar-refractivity contribution is 6.00. The Morgan fingerprint density at radius 1 is 0.969 bits per heavy atom. The van der Waals surface area contributed by atoms with E-state index in [-0.39, 0.29) is 11.7 Å². The number of aryl methyl sites for hydroxylation is 1. The van der Waals surface area contributed by atoms with Crippen LogP contribution >= 0.6 is 0 Å². The molecule has 0 fully saturated rings. The molecule has 168 valence electrons. The van der Waals surface area contributed by atoms with Crippen LogP contribution in [0.2, 0.25) is 0 Å². The molecule has 0 spiro atoms. The Bertz CT molecular complexity index is 1100. The number of alkyl halides is 3. The van der Waals surface area contributed by atoms with Crippen molar-refractivity contribution >= 4 is 34.9 Å². The largest absolute Gasteiger partial charge is 0.416 e. The lowest BCUT2D eigenvalue weighted by Gasteiger charge is -2.14. The number of urea groups is 1. The van der Waals surface area contributed by atoms with Crippen molar-refractivity contribution in [3.63, 3.8) is 0 Å². The molecular formula is C22H23F3N6O. The highest BCUT2D eigenvalue weighted by Gasteiger charge is 2.30. The molecule has 0 aliphatic heterocycles. The van der Waals surface area contributed by atoms with E-state index >= 15 is 0 Å². The van der Waals surface area contributed by atoms with Gasteiger partial charge in [-0.05, 0) is 57.2 Å². The molecule has 32 heavy (non-hydrogen) atoms. The van der Waals surface area contributed by atoms with Crippen LogP contribution in [0.1, 0.15) is 25.0 Å². The lowest BCUT2D eigenvalue weighted by molar-refractivity contribution is -0.137. The summed E-state index contributed by atoms with van der Waals surface area (Å²) in [6.45, 7) is 5.83. The van der Waals surface area contributed by atoms with E-state index in [0.717, 1.165) is 17.7 Å². The summed E-state index contributed by atoms with van der Waals surface area (Å²) in [6.07, 6.45) is -2.79. The molecule has 3 rings (SSSR count). The molecule has 3 aromatic rings. The van der Waals surface area contributed by atoms with E-state index < -0.39 is 17.8 Å². The fourth-order valence-corrected chi connectivity index (χ4v) is 2.77. The molecule has 7 nitrogen and oxygen atoms in total. The van der Waals surface area contributed by atoms with Crippen molar-refractivity contribution in [2.75, 3.05) is 21.3 Å². The molecule has 1 heterocycles. The quantitative estimate of drug-likeness (QED) is 0.374. The van der Waals surface area contributed by atoms with E-state index in [2.05, 4.69) is 31.2 Å². The van der Waals surface area contributed by atoms with E-state index in [4.69, 9.17) is 0 Å². The number of carbonyl (C=O) groups excluding carboxylic acids is 1. The molecule has 0 aliphatic rings. The molecule has 0 unspecified atom stereocenters. The number of nitrogens with zero attached hydrogens (tertiary/aromatic N) is 2. The average molecular weight is 444 g/mol. The number of aromatic nitrogens is 2. The van der Waals surface area contributed by atoms with Gasteiger partial charge in [0.25, 0.3) is 0 Å². The van der Waals surface area contributed by atoms with Gasteiger partial charge >= 0.3 is 12.2 Å². The summed E-state index contributed by atoms with van der Waals surface area (Å²) in [5.41, 5.74) is 1.15. The highest BCUT2D eigenvalue weighted by atomic mass is 19.4. The summed E-state index contributed by atoms with van der Waals surface area (Å²) in [5.74, 6) is 1.09. The first-order valence-corrected chi connectivity index (χ1v) is 9.82. The molecule has 0 bridgehead atoms. The molecule has 4 N–H and O–H groups in total. The van der Waals surface area contributed by atoms with Crippen molar-refractivity contribution in [1.29, 1.82) is 0 Å². The average Bonchev–Trinajstić information content (AvgIpc) is 2.70. The first-order valence-electron chi connectivity index (χ1n) is 9.82. The standard InChI is InChI=1S/C22H23F3N6O/c1-13(2)27-20-26-12-14(3)19(31-20)28-17-8-5-9-18(11-17)30-21(32)29-16-7-4-6-15(10-16)22(23,24)25/h4-13H,1-3H3,(H2,29,30,32)(H2,26,27,28,31). The Kier molecular flexibility index (Phi) is 6.82. The van der Waals surface area contributed by atoms with Gasteiger partial charge in [-0.2, -0.15) is 18.2 Å². The summed E-state index contributed by atoms with van der Waals surface area (Å²) in [6, 6.07) is 10.8. The zero-order valence-corrected chi connectivity index (χ0v) is 17.7. The van der Waals surface area contributed by atoms with Crippen molar-refractivity contribution in [2.45, 2.75) is 33.0 Å². The summed E-state index contributed by atoms with van der Waals surface area (Å²) >= 11 is 0. The van der Waals surface area contributed by atoms with E-state index in [1.165, 1.54) is 12.1 Å².